The van der Waals surface area contributed by atoms with Crippen LogP contribution in [0.4, 0.5) is 11.5 Å². The Balaban J connectivity index is 1.84. The van der Waals surface area contributed by atoms with Crippen LogP contribution in [0.5, 0.6) is 0 Å². The van der Waals surface area contributed by atoms with Crippen molar-refractivity contribution in [3.8, 4) is 28.7 Å². The quantitative estimate of drug-likeness (QED) is 0.214. The zero-order chi connectivity index (χ0) is 26.7. The first-order valence-electron chi connectivity index (χ1n) is 11.1. The van der Waals surface area contributed by atoms with E-state index in [-0.39, 0.29) is 27.9 Å². The van der Waals surface area contributed by atoms with Crippen molar-refractivity contribution in [3.63, 3.8) is 0 Å². The number of hydrogen-bond acceptors (Lipinski definition) is 9. The molecular formula is C25H23ClN10O. The molecule has 186 valence electrons. The molecule has 37 heavy (non-hydrogen) atoms. The first kappa shape index (κ1) is 25.3. The van der Waals surface area contributed by atoms with Crippen LogP contribution in [-0.2, 0) is 7.05 Å². The Morgan fingerprint density at radius 1 is 1.24 bits per heavy atom. The van der Waals surface area contributed by atoms with Crippen LogP contribution in [0.2, 0.25) is 5.02 Å². The smallest absolute Gasteiger partial charge is 0.274 e. The largest absolute Gasteiger partial charge is 0.397 e. The average molecular weight is 515 g/mol. The molecule has 0 bridgehead atoms. The lowest BCUT2D eigenvalue weighted by atomic mass is 10.0. The van der Waals surface area contributed by atoms with Gasteiger partial charge in [0.05, 0.1) is 28.1 Å². The molecule has 1 atom stereocenters. The van der Waals surface area contributed by atoms with E-state index in [0.717, 1.165) is 6.21 Å². The van der Waals surface area contributed by atoms with Gasteiger partial charge in [-0.3, -0.25) is 9.48 Å². The molecule has 0 fully saturated rings. The number of rotatable bonds is 7. The second-order valence-corrected chi connectivity index (χ2v) is 8.51. The standard InChI is InChI=1S/C25H23ClN10O/c1-13(18-6-4-5-16(12-28)32-18)31-25(37)23-24(30-2)34-22(19-7-8-36(3)35-19)21(33-23)14-9-15(11-27)20(29)17(26)10-14/h4-11,13,27H,29H2,1-3H3,(H,30,34)(H,31,37). The van der Waals surface area contributed by atoms with Gasteiger partial charge < -0.3 is 21.8 Å². The second-order valence-electron chi connectivity index (χ2n) is 8.10. The SMILES string of the molecule is CNc1nc(-c2ccn(C)n2)c(-c2cc(Cl)c(N)c(C=N)c2)nc1C(=O)NC(C)c1cccc(C#N)n1. The maximum Gasteiger partial charge on any atom is 0.274 e. The Morgan fingerprint density at radius 3 is 2.68 bits per heavy atom. The van der Waals surface area contributed by atoms with Crippen molar-refractivity contribution >= 4 is 35.2 Å². The van der Waals surface area contributed by atoms with E-state index in [9.17, 15) is 4.79 Å². The molecule has 0 aliphatic heterocycles. The Morgan fingerprint density at radius 2 is 2.03 bits per heavy atom. The molecule has 3 aromatic heterocycles. The zero-order valence-electron chi connectivity index (χ0n) is 20.2. The fourth-order valence-corrected chi connectivity index (χ4v) is 3.90. The van der Waals surface area contributed by atoms with E-state index in [1.54, 1.807) is 68.3 Å². The number of aryl methyl sites for hydroxylation is 1. The molecule has 1 aromatic carbocycles. The summed E-state index contributed by atoms with van der Waals surface area (Å²) in [7, 11) is 3.42. The second kappa shape index (κ2) is 10.4. The summed E-state index contributed by atoms with van der Waals surface area (Å²) >= 11 is 6.35. The van der Waals surface area contributed by atoms with Gasteiger partial charge >= 0.3 is 0 Å². The fourth-order valence-electron chi connectivity index (χ4n) is 3.68. The van der Waals surface area contributed by atoms with E-state index < -0.39 is 11.9 Å². The van der Waals surface area contributed by atoms with Crippen molar-refractivity contribution in [3.05, 3.63) is 70.3 Å². The van der Waals surface area contributed by atoms with Crippen molar-refractivity contribution in [2.75, 3.05) is 18.1 Å². The van der Waals surface area contributed by atoms with E-state index >= 15 is 0 Å². The first-order chi connectivity index (χ1) is 17.7. The normalized spacial score (nSPS) is 11.4. The summed E-state index contributed by atoms with van der Waals surface area (Å²) < 4.78 is 1.63. The van der Waals surface area contributed by atoms with E-state index in [2.05, 4.69) is 25.7 Å². The number of aromatic nitrogens is 5. The highest BCUT2D eigenvalue weighted by Crippen LogP contribution is 2.35. The molecule has 1 unspecified atom stereocenters. The molecular weight excluding hydrogens is 492 g/mol. The van der Waals surface area contributed by atoms with Crippen LogP contribution in [-0.4, -0.2) is 43.9 Å². The van der Waals surface area contributed by atoms with Crippen LogP contribution in [0.15, 0.2) is 42.6 Å². The van der Waals surface area contributed by atoms with Gasteiger partial charge in [-0.15, -0.1) is 0 Å². The topological polar surface area (TPSA) is 171 Å². The number of nitrogens with zero attached hydrogens (tertiary/aromatic N) is 6. The number of hydrogen-bond donors (Lipinski definition) is 4. The van der Waals surface area contributed by atoms with Gasteiger partial charge in [0.25, 0.3) is 5.91 Å². The van der Waals surface area contributed by atoms with Crippen LogP contribution >= 0.6 is 11.6 Å². The van der Waals surface area contributed by atoms with Gasteiger partial charge in [-0.1, -0.05) is 17.7 Å². The van der Waals surface area contributed by atoms with Crippen LogP contribution in [0, 0.1) is 16.7 Å². The maximum atomic E-state index is 13.4. The molecule has 5 N–H and O–H groups in total. The first-order valence-corrected chi connectivity index (χ1v) is 11.5. The van der Waals surface area contributed by atoms with Gasteiger partial charge in [0.2, 0.25) is 0 Å². The van der Waals surface area contributed by atoms with Crippen molar-refractivity contribution in [1.29, 1.82) is 10.7 Å². The van der Waals surface area contributed by atoms with Crippen molar-refractivity contribution < 1.29 is 4.79 Å². The highest BCUT2D eigenvalue weighted by atomic mass is 35.5. The molecule has 0 spiro atoms. The van der Waals surface area contributed by atoms with Gasteiger partial charge in [-0.25, -0.2) is 15.0 Å². The number of pyridine rings is 1. The number of nitriles is 1. The Kier molecular flexibility index (Phi) is 7.13. The summed E-state index contributed by atoms with van der Waals surface area (Å²) in [5.74, 6) is -0.266. The lowest BCUT2D eigenvalue weighted by Crippen LogP contribution is -2.29. The maximum absolute atomic E-state index is 13.4. The van der Waals surface area contributed by atoms with Crippen molar-refractivity contribution in [1.82, 2.24) is 30.0 Å². The van der Waals surface area contributed by atoms with E-state index in [4.69, 9.17) is 33.0 Å². The molecule has 4 rings (SSSR count). The number of nitrogens with one attached hydrogen (secondary N) is 3. The third-order valence-corrected chi connectivity index (χ3v) is 5.88. The molecule has 11 nitrogen and oxygen atoms in total. The van der Waals surface area contributed by atoms with E-state index in [0.29, 0.717) is 33.9 Å². The van der Waals surface area contributed by atoms with Crippen molar-refractivity contribution in [2.24, 2.45) is 7.05 Å². The summed E-state index contributed by atoms with van der Waals surface area (Å²) in [4.78, 5) is 27.0. The summed E-state index contributed by atoms with van der Waals surface area (Å²) in [6, 6.07) is 11.5. The lowest BCUT2D eigenvalue weighted by molar-refractivity contribution is 0.0934. The van der Waals surface area contributed by atoms with Gasteiger partial charge in [0.1, 0.15) is 23.2 Å². The number of amides is 1. The van der Waals surface area contributed by atoms with Crippen LogP contribution < -0.4 is 16.4 Å². The van der Waals surface area contributed by atoms with Gasteiger partial charge in [0, 0.05) is 37.6 Å². The molecule has 1 amide bonds. The highest BCUT2D eigenvalue weighted by Gasteiger charge is 2.24. The predicted octanol–water partition coefficient (Wildman–Crippen LogP) is 3.58. The number of nitrogens with two attached hydrogens (primary N) is 1. The van der Waals surface area contributed by atoms with Gasteiger partial charge in [0.15, 0.2) is 11.5 Å². The number of nitrogen functional groups attached to an aromatic ring is 1. The minimum absolute atomic E-state index is 0.0322. The zero-order valence-corrected chi connectivity index (χ0v) is 21.0. The minimum Gasteiger partial charge on any atom is -0.397 e. The summed E-state index contributed by atoms with van der Waals surface area (Å²) in [5.41, 5.74) is 9.28. The summed E-state index contributed by atoms with van der Waals surface area (Å²) in [6.07, 6.45) is 2.86. The van der Waals surface area contributed by atoms with Gasteiger partial charge in [-0.2, -0.15) is 10.4 Å². The number of anilines is 2. The van der Waals surface area contributed by atoms with Crippen LogP contribution in [0.25, 0.3) is 22.6 Å². The Hall–Kier alpha value is -4.82. The summed E-state index contributed by atoms with van der Waals surface area (Å²) in [5, 5.41) is 27.3. The van der Waals surface area contributed by atoms with Crippen LogP contribution in [0.1, 0.15) is 40.4 Å². The molecule has 0 radical (unpaired) electrons. The minimum atomic E-state index is -0.512. The number of benzene rings is 1. The van der Waals surface area contributed by atoms with E-state index in [1.165, 1.54) is 0 Å². The third-order valence-electron chi connectivity index (χ3n) is 5.57. The molecule has 3 heterocycles. The average Bonchev–Trinajstić information content (AvgIpc) is 3.35. The molecule has 0 aliphatic rings. The fraction of sp³-hybridized carbons (Fsp3) is 0.160. The molecule has 12 heteroatoms. The molecule has 0 aliphatic carbocycles. The van der Waals surface area contributed by atoms with E-state index in [1.807, 2.05) is 6.07 Å². The number of carbonyl (C=O) groups is 1. The summed E-state index contributed by atoms with van der Waals surface area (Å²) in [6.45, 7) is 1.76. The Bertz CT molecular complexity index is 1560. The third kappa shape index (κ3) is 5.10. The van der Waals surface area contributed by atoms with Crippen molar-refractivity contribution in [2.45, 2.75) is 13.0 Å². The predicted molar refractivity (Wildman–Crippen MR) is 141 cm³/mol. The highest BCUT2D eigenvalue weighted by molar-refractivity contribution is 6.34. The van der Waals surface area contributed by atoms with Gasteiger partial charge in [-0.05, 0) is 37.3 Å². The molecule has 0 saturated carbocycles. The number of carbonyl (C=O) groups excluding carboxylic acids is 1. The lowest BCUT2D eigenvalue weighted by Gasteiger charge is -2.17. The molecule has 0 saturated heterocycles. The van der Waals surface area contributed by atoms with Crippen LogP contribution in [0.3, 0.4) is 0 Å². The Labute approximate surface area is 217 Å². The molecule has 4 aromatic rings. The monoisotopic (exact) mass is 514 g/mol. The number of halogens is 1.